The smallest absolute Gasteiger partial charge is 0.186 e. The molecular formula is C68H42F6N4. The topological polar surface area (TPSA) is 16.3 Å². The molecule has 1 aliphatic carbocycles. The minimum Gasteiger partial charge on any atom is -0.313 e. The summed E-state index contributed by atoms with van der Waals surface area (Å²) in [6.45, 7) is 0. The van der Waals surface area contributed by atoms with Crippen LogP contribution in [0.4, 0.5) is 60.5 Å². The molecule has 4 nitrogen and oxygen atoms in total. The molecule has 2 heterocycles. The van der Waals surface area contributed by atoms with Gasteiger partial charge in [-0.25, -0.2) is 26.3 Å². The Morgan fingerprint density at radius 1 is 0.333 bits per heavy atom. The molecule has 0 unspecified atom stereocenters. The van der Waals surface area contributed by atoms with Crippen molar-refractivity contribution in [2.45, 2.75) is 12.8 Å². The summed E-state index contributed by atoms with van der Waals surface area (Å²) in [4.78, 5) is 3.25. The van der Waals surface area contributed by atoms with Crippen LogP contribution in [0.15, 0.2) is 236 Å². The first kappa shape index (κ1) is 46.7. The number of nitrogens with zero attached hydrogens (tertiary/aromatic N) is 4. The lowest BCUT2D eigenvalue weighted by atomic mass is 10.0. The lowest BCUT2D eigenvalue weighted by molar-refractivity contribution is 0.461. The first-order chi connectivity index (χ1) is 38.2. The van der Waals surface area contributed by atoms with Crippen LogP contribution in [0, 0.1) is 29.1 Å². The maximum atomic E-state index is 17.4. The molecule has 0 radical (unpaired) electrons. The number of rotatable bonds is 9. The van der Waals surface area contributed by atoms with Crippen molar-refractivity contribution in [2.24, 2.45) is 0 Å². The third-order valence-corrected chi connectivity index (χ3v) is 15.1. The first-order valence-electron chi connectivity index (χ1n) is 25.6. The number of benzene rings is 11. The quantitative estimate of drug-likeness (QED) is 0.106. The molecule has 0 N–H and O–H groups in total. The second kappa shape index (κ2) is 18.5. The fourth-order valence-corrected chi connectivity index (χ4v) is 11.5. The third kappa shape index (κ3) is 7.62. The van der Waals surface area contributed by atoms with Crippen LogP contribution in [0.25, 0.3) is 87.7 Å². The Balaban J connectivity index is 0.902. The number of aromatic nitrogens is 2. The van der Waals surface area contributed by atoms with Crippen molar-refractivity contribution in [3.05, 3.63) is 265 Å². The van der Waals surface area contributed by atoms with Gasteiger partial charge in [0.05, 0.1) is 27.6 Å². The van der Waals surface area contributed by atoms with E-state index in [9.17, 15) is 8.78 Å². The fourth-order valence-electron chi connectivity index (χ4n) is 11.5. The molecule has 0 saturated heterocycles. The maximum Gasteiger partial charge on any atom is 0.186 e. The lowest BCUT2D eigenvalue weighted by Crippen LogP contribution is -2.16. The molecular weight excluding hydrogens is 987 g/mol. The average molecular weight is 1030 g/mol. The van der Waals surface area contributed by atoms with Gasteiger partial charge in [0.15, 0.2) is 23.3 Å². The Hall–Kier alpha value is -9.80. The Kier molecular flexibility index (Phi) is 11.1. The van der Waals surface area contributed by atoms with Gasteiger partial charge in [-0.15, -0.1) is 0 Å². The van der Waals surface area contributed by atoms with E-state index in [4.69, 9.17) is 0 Å². The standard InChI is InChI=1S/C68H42F6N4/c69-46-21-29-49(30-22-46)77-59-15-7-5-13-55(59)57-39-53(33-35-61(57)77)75(51-27-17-41-9-1-3-11-44(41)37-51)48-25-19-43(20-26-48)63-64(71)66(73)68(67(74)65(63)72)76(52-28-18-42-10-2-4-12-45(42)38-52)54-34-36-62-58(40-54)56-14-6-8-16-60(56)78(62)50-31-23-47(70)24-32-50/h1-21,23-29,31-40H,22,30H2. The summed E-state index contributed by atoms with van der Waals surface area (Å²) in [6, 6.07) is 66.2. The van der Waals surface area contributed by atoms with E-state index in [0.717, 1.165) is 76.8 Å². The summed E-state index contributed by atoms with van der Waals surface area (Å²) in [6.07, 6.45) is 4.21. The van der Waals surface area contributed by atoms with Gasteiger partial charge < -0.3 is 18.9 Å². The molecule has 11 aromatic carbocycles. The molecule has 2 aromatic heterocycles. The zero-order valence-corrected chi connectivity index (χ0v) is 41.4. The Morgan fingerprint density at radius 3 is 1.37 bits per heavy atom. The number of anilines is 6. The molecule has 0 amide bonds. The van der Waals surface area contributed by atoms with Crippen LogP contribution in [0.5, 0.6) is 0 Å². The molecule has 10 heteroatoms. The molecule has 0 atom stereocenters. The lowest BCUT2D eigenvalue weighted by Gasteiger charge is -2.28. The highest BCUT2D eigenvalue weighted by Gasteiger charge is 2.32. The van der Waals surface area contributed by atoms with Gasteiger partial charge in [-0.1, -0.05) is 109 Å². The van der Waals surface area contributed by atoms with Crippen LogP contribution in [-0.2, 0) is 0 Å². The summed E-state index contributed by atoms with van der Waals surface area (Å²) in [7, 11) is 0. The van der Waals surface area contributed by atoms with E-state index in [1.165, 1.54) is 35.2 Å². The van der Waals surface area contributed by atoms with Crippen molar-refractivity contribution >= 4 is 105 Å². The average Bonchev–Trinajstić information content (AvgIpc) is 4.13. The molecule has 1 aliphatic rings. The van der Waals surface area contributed by atoms with Gasteiger partial charge in [0, 0.05) is 67.8 Å². The van der Waals surface area contributed by atoms with Crippen LogP contribution in [-0.4, -0.2) is 9.13 Å². The Morgan fingerprint density at radius 2 is 0.795 bits per heavy atom. The molecule has 376 valence electrons. The predicted molar refractivity (Wildman–Crippen MR) is 306 cm³/mol. The Labute approximate surface area is 443 Å². The van der Waals surface area contributed by atoms with Gasteiger partial charge in [-0.3, -0.25) is 0 Å². The molecule has 0 saturated carbocycles. The van der Waals surface area contributed by atoms with Gasteiger partial charge in [0.25, 0.3) is 0 Å². The third-order valence-electron chi connectivity index (χ3n) is 15.1. The van der Waals surface area contributed by atoms with Crippen molar-refractivity contribution < 1.29 is 26.3 Å². The SMILES string of the molecule is FC1=CC=C(n2c3ccccc3c3cc(N(c4ccc(-c5c(F)c(F)c(N(c6ccc7ccccc7c6)c6ccc7c(c6)c6ccccc6n7-c6ccc(F)cc6)c(F)c5F)cc4)c4ccc5ccccc5c4)ccc32)CC1. The van der Waals surface area contributed by atoms with Crippen LogP contribution in [0.3, 0.4) is 0 Å². The van der Waals surface area contributed by atoms with Gasteiger partial charge >= 0.3 is 0 Å². The number of fused-ring (bicyclic) bond motifs is 8. The summed E-state index contributed by atoms with van der Waals surface area (Å²) < 4.78 is 102. The van der Waals surface area contributed by atoms with Crippen LogP contribution >= 0.6 is 0 Å². The fraction of sp³-hybridized carbons (Fsp3) is 0.0294. The minimum atomic E-state index is -1.58. The van der Waals surface area contributed by atoms with Crippen LogP contribution < -0.4 is 9.80 Å². The van der Waals surface area contributed by atoms with E-state index in [-0.39, 0.29) is 28.6 Å². The number of halogens is 6. The van der Waals surface area contributed by atoms with Crippen molar-refractivity contribution in [1.82, 2.24) is 9.13 Å². The first-order valence-corrected chi connectivity index (χ1v) is 25.6. The Bertz CT molecular complexity index is 4620. The number of hydrogen-bond donors (Lipinski definition) is 0. The van der Waals surface area contributed by atoms with Gasteiger partial charge in [-0.05, 0) is 155 Å². The molecule has 78 heavy (non-hydrogen) atoms. The highest BCUT2D eigenvalue weighted by molar-refractivity contribution is 6.12. The summed E-state index contributed by atoms with van der Waals surface area (Å²) in [5.74, 6) is -6.82. The molecule has 0 fully saturated rings. The van der Waals surface area contributed by atoms with Gasteiger partial charge in [0.1, 0.15) is 17.3 Å². The summed E-state index contributed by atoms with van der Waals surface area (Å²) in [5, 5.41) is 7.08. The van der Waals surface area contributed by atoms with Gasteiger partial charge in [-0.2, -0.15) is 0 Å². The van der Waals surface area contributed by atoms with E-state index >= 15 is 17.6 Å². The van der Waals surface area contributed by atoms with E-state index in [0.29, 0.717) is 29.6 Å². The largest absolute Gasteiger partial charge is 0.313 e. The van der Waals surface area contributed by atoms with Crippen LogP contribution in [0.2, 0.25) is 0 Å². The van der Waals surface area contributed by atoms with Crippen molar-refractivity contribution in [1.29, 1.82) is 0 Å². The zero-order valence-electron chi connectivity index (χ0n) is 41.4. The number of para-hydroxylation sites is 2. The maximum absolute atomic E-state index is 17.4. The number of hydrogen-bond acceptors (Lipinski definition) is 2. The molecule has 13 aromatic rings. The molecule has 0 aliphatic heterocycles. The summed E-state index contributed by atoms with van der Waals surface area (Å²) >= 11 is 0. The molecule has 0 spiro atoms. The van der Waals surface area contributed by atoms with Crippen molar-refractivity contribution in [3.8, 4) is 16.8 Å². The zero-order chi connectivity index (χ0) is 52.8. The molecule has 14 rings (SSSR count). The van der Waals surface area contributed by atoms with Gasteiger partial charge in [0.2, 0.25) is 0 Å². The predicted octanol–water partition coefficient (Wildman–Crippen LogP) is 20.0. The monoisotopic (exact) mass is 1030 g/mol. The highest BCUT2D eigenvalue weighted by atomic mass is 19.2. The highest BCUT2D eigenvalue weighted by Crippen LogP contribution is 2.47. The second-order valence-corrected chi connectivity index (χ2v) is 19.6. The minimum absolute atomic E-state index is 0.0754. The van der Waals surface area contributed by atoms with E-state index in [2.05, 4.69) is 28.8 Å². The second-order valence-electron chi connectivity index (χ2n) is 19.6. The van der Waals surface area contributed by atoms with E-state index < -0.39 is 34.5 Å². The van der Waals surface area contributed by atoms with Crippen LogP contribution in [0.1, 0.15) is 12.8 Å². The van der Waals surface area contributed by atoms with E-state index in [1.54, 1.807) is 60.7 Å². The summed E-state index contributed by atoms with van der Waals surface area (Å²) in [5.41, 5.74) is 5.96. The molecule has 0 bridgehead atoms. The van der Waals surface area contributed by atoms with Crippen molar-refractivity contribution in [2.75, 3.05) is 9.80 Å². The number of allylic oxidation sites excluding steroid dienone is 4. The normalized spacial score (nSPS) is 12.8. The van der Waals surface area contributed by atoms with E-state index in [1.807, 2.05) is 125 Å². The van der Waals surface area contributed by atoms with Crippen molar-refractivity contribution in [3.63, 3.8) is 0 Å².